The van der Waals surface area contributed by atoms with E-state index in [1.807, 2.05) is 60.0 Å². The summed E-state index contributed by atoms with van der Waals surface area (Å²) in [6, 6.07) is 15.0. The molecule has 0 atom stereocenters. The van der Waals surface area contributed by atoms with Crippen LogP contribution >= 0.6 is 0 Å². The lowest BCUT2D eigenvalue weighted by atomic mass is 10.1. The van der Waals surface area contributed by atoms with Crippen LogP contribution in [0.25, 0.3) is 28.3 Å². The fraction of sp³-hybridized carbons (Fsp3) is 0.100. The van der Waals surface area contributed by atoms with Crippen molar-refractivity contribution in [2.45, 2.75) is 6.92 Å². The van der Waals surface area contributed by atoms with Crippen LogP contribution in [-0.4, -0.2) is 26.6 Å². The van der Waals surface area contributed by atoms with E-state index in [1.165, 1.54) is 0 Å². The average molecular weight is 331 g/mol. The van der Waals surface area contributed by atoms with Crippen molar-refractivity contribution in [3.63, 3.8) is 0 Å². The Labute approximate surface area is 145 Å². The first-order valence-corrected chi connectivity index (χ1v) is 7.95. The minimum Gasteiger partial charge on any atom is -0.507 e. The summed E-state index contributed by atoms with van der Waals surface area (Å²) < 4.78 is 7.40. The molecule has 0 aliphatic rings. The number of phenolic OH excluding ortho intramolecular Hbond substituents is 1. The summed E-state index contributed by atoms with van der Waals surface area (Å²) in [7, 11) is 1.62. The van der Waals surface area contributed by atoms with Crippen LogP contribution in [0.3, 0.4) is 0 Å². The number of methoxy groups -OCH3 is 1. The van der Waals surface area contributed by atoms with Crippen molar-refractivity contribution >= 4 is 5.52 Å². The Balaban J connectivity index is 2.04. The number of pyridine rings is 2. The normalized spacial score (nSPS) is 11.0. The van der Waals surface area contributed by atoms with E-state index >= 15 is 0 Å². The number of ether oxygens (including phenoxy) is 1. The Morgan fingerprint density at radius 1 is 1.04 bits per heavy atom. The number of hydrogen-bond donors (Lipinski definition) is 1. The van der Waals surface area contributed by atoms with E-state index in [4.69, 9.17) is 9.72 Å². The minimum absolute atomic E-state index is 0.195. The predicted molar refractivity (Wildman–Crippen MR) is 96.8 cm³/mol. The second-order valence-corrected chi connectivity index (χ2v) is 5.81. The second-order valence-electron chi connectivity index (χ2n) is 5.81. The third-order valence-electron chi connectivity index (χ3n) is 4.16. The van der Waals surface area contributed by atoms with Crippen molar-refractivity contribution in [2.75, 3.05) is 7.11 Å². The molecule has 0 unspecified atom stereocenters. The van der Waals surface area contributed by atoms with E-state index in [0.717, 1.165) is 11.1 Å². The van der Waals surface area contributed by atoms with Gasteiger partial charge in [0, 0.05) is 12.4 Å². The molecule has 3 heterocycles. The average Bonchev–Trinajstić information content (AvgIpc) is 3.03. The van der Waals surface area contributed by atoms with E-state index < -0.39 is 0 Å². The highest BCUT2D eigenvalue weighted by atomic mass is 16.5. The van der Waals surface area contributed by atoms with Gasteiger partial charge < -0.3 is 9.84 Å². The summed E-state index contributed by atoms with van der Waals surface area (Å²) in [5.41, 5.74) is 4.02. The molecule has 0 saturated heterocycles. The van der Waals surface area contributed by atoms with E-state index in [-0.39, 0.29) is 5.75 Å². The monoisotopic (exact) mass is 331 g/mol. The molecule has 4 rings (SSSR count). The Hall–Kier alpha value is -3.34. The molecule has 0 aliphatic heterocycles. The van der Waals surface area contributed by atoms with Crippen molar-refractivity contribution < 1.29 is 9.84 Å². The number of hydrogen-bond acceptors (Lipinski definition) is 4. The maximum Gasteiger partial charge on any atom is 0.149 e. The van der Waals surface area contributed by atoms with Gasteiger partial charge in [-0.15, -0.1) is 0 Å². The lowest BCUT2D eigenvalue weighted by molar-refractivity contribution is 0.414. The number of benzene rings is 1. The molecule has 0 radical (unpaired) electrons. The van der Waals surface area contributed by atoms with Gasteiger partial charge in [0.1, 0.15) is 28.7 Å². The molecule has 0 amide bonds. The maximum atomic E-state index is 10.3. The molecule has 1 N–H and O–H groups in total. The van der Waals surface area contributed by atoms with Crippen molar-refractivity contribution in [3.8, 4) is 34.3 Å². The third kappa shape index (κ3) is 2.50. The Morgan fingerprint density at radius 3 is 2.76 bits per heavy atom. The molecule has 0 bridgehead atoms. The number of aromatic hydroxyl groups is 1. The van der Waals surface area contributed by atoms with Gasteiger partial charge >= 0.3 is 0 Å². The molecule has 0 fully saturated rings. The van der Waals surface area contributed by atoms with Crippen LogP contribution < -0.4 is 4.74 Å². The molecule has 4 aromatic rings. The van der Waals surface area contributed by atoms with Crippen LogP contribution in [-0.2, 0) is 0 Å². The van der Waals surface area contributed by atoms with Gasteiger partial charge in [-0.2, -0.15) is 0 Å². The van der Waals surface area contributed by atoms with Gasteiger partial charge in [-0.25, -0.2) is 4.98 Å². The van der Waals surface area contributed by atoms with Crippen molar-refractivity contribution in [3.05, 3.63) is 66.5 Å². The quantitative estimate of drug-likeness (QED) is 0.614. The highest BCUT2D eigenvalue weighted by Crippen LogP contribution is 2.36. The van der Waals surface area contributed by atoms with Crippen LogP contribution in [0.15, 0.2) is 60.9 Å². The zero-order chi connectivity index (χ0) is 17.4. The van der Waals surface area contributed by atoms with E-state index in [2.05, 4.69) is 4.98 Å². The SMILES string of the molecule is COc1cccnc1-c1nc(-c2cc(C)ccc2O)n2ccccc12. The highest BCUT2D eigenvalue weighted by Gasteiger charge is 2.19. The predicted octanol–water partition coefficient (Wildman–Crippen LogP) is 4.09. The molecule has 25 heavy (non-hydrogen) atoms. The van der Waals surface area contributed by atoms with E-state index in [1.54, 1.807) is 19.4 Å². The van der Waals surface area contributed by atoms with Gasteiger partial charge in [0.25, 0.3) is 0 Å². The molecular weight excluding hydrogens is 314 g/mol. The van der Waals surface area contributed by atoms with Gasteiger partial charge in [0.05, 0.1) is 18.2 Å². The first-order chi connectivity index (χ1) is 12.2. The third-order valence-corrected chi connectivity index (χ3v) is 4.16. The Bertz CT molecular complexity index is 1070. The molecule has 0 spiro atoms. The molecule has 0 saturated carbocycles. The summed E-state index contributed by atoms with van der Waals surface area (Å²) in [4.78, 5) is 9.25. The van der Waals surface area contributed by atoms with Crippen LogP contribution in [0, 0.1) is 6.92 Å². The van der Waals surface area contributed by atoms with E-state index in [0.29, 0.717) is 28.5 Å². The van der Waals surface area contributed by atoms with Crippen LogP contribution in [0.2, 0.25) is 0 Å². The fourth-order valence-corrected chi connectivity index (χ4v) is 2.96. The molecule has 0 aliphatic carbocycles. The van der Waals surface area contributed by atoms with Crippen molar-refractivity contribution in [1.82, 2.24) is 14.4 Å². The standard InChI is InChI=1S/C20H17N3O2/c1-13-8-9-16(24)14(12-13)20-22-18(15-6-3-4-11-23(15)20)19-17(25-2)7-5-10-21-19/h3-12,24H,1-2H3. The Kier molecular flexibility index (Phi) is 3.61. The van der Waals surface area contributed by atoms with Gasteiger partial charge in [0.15, 0.2) is 0 Å². The summed E-state index contributed by atoms with van der Waals surface area (Å²) in [6.07, 6.45) is 3.65. The lowest BCUT2D eigenvalue weighted by Gasteiger charge is -2.05. The molecule has 5 nitrogen and oxygen atoms in total. The lowest BCUT2D eigenvalue weighted by Crippen LogP contribution is -1.91. The molecule has 124 valence electrons. The fourth-order valence-electron chi connectivity index (χ4n) is 2.96. The van der Waals surface area contributed by atoms with Crippen LogP contribution in [0.4, 0.5) is 0 Å². The number of aryl methyl sites for hydroxylation is 1. The molecule has 1 aromatic carbocycles. The van der Waals surface area contributed by atoms with Crippen LogP contribution in [0.5, 0.6) is 11.5 Å². The summed E-state index contributed by atoms with van der Waals surface area (Å²) in [6.45, 7) is 1.99. The number of aromatic nitrogens is 3. The van der Waals surface area contributed by atoms with Gasteiger partial charge in [-0.1, -0.05) is 17.7 Å². The van der Waals surface area contributed by atoms with Crippen molar-refractivity contribution in [2.24, 2.45) is 0 Å². The summed E-state index contributed by atoms with van der Waals surface area (Å²) >= 11 is 0. The largest absolute Gasteiger partial charge is 0.507 e. The number of nitrogens with zero attached hydrogens (tertiary/aromatic N) is 3. The van der Waals surface area contributed by atoms with E-state index in [9.17, 15) is 5.11 Å². The maximum absolute atomic E-state index is 10.3. The van der Waals surface area contributed by atoms with Crippen molar-refractivity contribution in [1.29, 1.82) is 0 Å². The summed E-state index contributed by atoms with van der Waals surface area (Å²) in [5.74, 6) is 1.52. The van der Waals surface area contributed by atoms with Gasteiger partial charge in [0.2, 0.25) is 0 Å². The number of imidazole rings is 1. The minimum atomic E-state index is 0.195. The summed E-state index contributed by atoms with van der Waals surface area (Å²) in [5, 5.41) is 10.3. The molecular formula is C20H17N3O2. The highest BCUT2D eigenvalue weighted by molar-refractivity contribution is 5.83. The second kappa shape index (κ2) is 5.94. The molecule has 3 aromatic heterocycles. The zero-order valence-corrected chi connectivity index (χ0v) is 14.0. The number of phenols is 1. The first kappa shape index (κ1) is 15.2. The van der Waals surface area contributed by atoms with Gasteiger partial charge in [-0.05, 0) is 43.3 Å². The number of rotatable bonds is 3. The zero-order valence-electron chi connectivity index (χ0n) is 14.0. The molecule has 5 heteroatoms. The smallest absolute Gasteiger partial charge is 0.149 e. The number of fused-ring (bicyclic) bond motifs is 1. The topological polar surface area (TPSA) is 59.7 Å². The van der Waals surface area contributed by atoms with Gasteiger partial charge in [-0.3, -0.25) is 9.38 Å². The van der Waals surface area contributed by atoms with Crippen LogP contribution in [0.1, 0.15) is 5.56 Å². The Morgan fingerprint density at radius 2 is 1.92 bits per heavy atom. The first-order valence-electron chi connectivity index (χ1n) is 7.95.